The lowest BCUT2D eigenvalue weighted by molar-refractivity contribution is 0.0986. The highest BCUT2D eigenvalue weighted by atomic mass is 35.5. The molecule has 3 amide bonds. The molecule has 0 spiro atoms. The van der Waals surface area contributed by atoms with E-state index < -0.39 is 0 Å². The number of nitrogens with zero attached hydrogens (tertiary/aromatic N) is 5. The number of aromatic nitrogens is 2. The van der Waals surface area contributed by atoms with Gasteiger partial charge in [0, 0.05) is 76.4 Å². The minimum Gasteiger partial charge on any atom is -0.392 e. The van der Waals surface area contributed by atoms with Crippen LogP contribution in [0, 0.1) is 6.92 Å². The Balaban J connectivity index is 1.12. The summed E-state index contributed by atoms with van der Waals surface area (Å²) in [6.45, 7) is 5.89. The van der Waals surface area contributed by atoms with E-state index in [2.05, 4.69) is 20.2 Å². The number of Topliss-reactive ketones (excluding diaryl/α,β-unsaturated/α-hetero) is 1. The summed E-state index contributed by atoms with van der Waals surface area (Å²) in [6, 6.07) is 18.3. The van der Waals surface area contributed by atoms with Gasteiger partial charge in [0.15, 0.2) is 5.78 Å². The number of urea groups is 1. The van der Waals surface area contributed by atoms with Gasteiger partial charge in [-0.3, -0.25) is 24.5 Å². The van der Waals surface area contributed by atoms with Gasteiger partial charge in [-0.25, -0.2) is 4.79 Å². The molecule has 47 heavy (non-hydrogen) atoms. The van der Waals surface area contributed by atoms with Crippen molar-refractivity contribution < 1.29 is 19.5 Å². The second-order valence-corrected chi connectivity index (χ2v) is 12.6. The van der Waals surface area contributed by atoms with Crippen LogP contribution in [0.3, 0.4) is 0 Å². The van der Waals surface area contributed by atoms with Crippen LogP contribution in [0.25, 0.3) is 11.1 Å². The molecule has 0 bridgehead atoms. The molecule has 2 fully saturated rings. The first-order valence-electron chi connectivity index (χ1n) is 15.7. The van der Waals surface area contributed by atoms with Crippen molar-refractivity contribution in [1.82, 2.24) is 24.7 Å². The molecule has 11 heteroatoms. The molecule has 242 valence electrons. The van der Waals surface area contributed by atoms with E-state index in [0.29, 0.717) is 54.7 Å². The molecular formula is C36H37ClN6O4. The average Bonchev–Trinajstić information content (AvgIpc) is 3.63. The van der Waals surface area contributed by atoms with E-state index in [1.54, 1.807) is 41.4 Å². The maximum Gasteiger partial charge on any atom is 0.320 e. The number of aliphatic hydroxyl groups is 1. The van der Waals surface area contributed by atoms with Gasteiger partial charge < -0.3 is 20.2 Å². The fourth-order valence-corrected chi connectivity index (χ4v) is 6.35. The van der Waals surface area contributed by atoms with Crippen molar-refractivity contribution in [3.8, 4) is 11.1 Å². The molecule has 0 saturated carbocycles. The molecular weight excluding hydrogens is 616 g/mol. The summed E-state index contributed by atoms with van der Waals surface area (Å²) in [5.74, 6) is -0.487. The minimum absolute atomic E-state index is 0.0160. The molecule has 4 aromatic rings. The molecule has 4 heterocycles. The number of nitrogens with one attached hydrogen (secondary N) is 1. The maximum atomic E-state index is 13.2. The van der Waals surface area contributed by atoms with Gasteiger partial charge in [-0.2, -0.15) is 0 Å². The summed E-state index contributed by atoms with van der Waals surface area (Å²) in [4.78, 5) is 52.9. The molecule has 2 aliphatic rings. The fourth-order valence-electron chi connectivity index (χ4n) is 6.06. The van der Waals surface area contributed by atoms with E-state index >= 15 is 0 Å². The van der Waals surface area contributed by atoms with Gasteiger partial charge in [0.2, 0.25) is 0 Å². The highest BCUT2D eigenvalue weighted by Crippen LogP contribution is 2.36. The Labute approximate surface area is 279 Å². The topological polar surface area (TPSA) is 119 Å². The number of carbonyl (C=O) groups excluding carboxylic acids is 3. The monoisotopic (exact) mass is 652 g/mol. The molecule has 2 aliphatic heterocycles. The molecule has 2 aromatic heterocycles. The van der Waals surface area contributed by atoms with Gasteiger partial charge in [0.25, 0.3) is 5.91 Å². The third-order valence-corrected chi connectivity index (χ3v) is 9.25. The van der Waals surface area contributed by atoms with Crippen LogP contribution < -0.4 is 5.32 Å². The van der Waals surface area contributed by atoms with E-state index in [9.17, 15) is 19.5 Å². The van der Waals surface area contributed by atoms with Crippen LogP contribution in [0.2, 0.25) is 5.02 Å². The molecule has 0 aliphatic carbocycles. The van der Waals surface area contributed by atoms with Crippen LogP contribution in [0.15, 0.2) is 73.1 Å². The summed E-state index contributed by atoms with van der Waals surface area (Å²) in [5.41, 5.74) is 6.20. The number of hydrogen-bond acceptors (Lipinski definition) is 7. The predicted octanol–water partition coefficient (Wildman–Crippen LogP) is 5.22. The van der Waals surface area contributed by atoms with Crippen molar-refractivity contribution >= 4 is 35.0 Å². The third kappa shape index (κ3) is 7.35. The Kier molecular flexibility index (Phi) is 9.63. The van der Waals surface area contributed by atoms with Crippen LogP contribution in [-0.4, -0.2) is 86.8 Å². The molecule has 1 atom stereocenters. The number of rotatable bonds is 10. The number of likely N-dealkylation sites (N-methyl/N-ethyl adjacent to an activating group) is 1. The summed E-state index contributed by atoms with van der Waals surface area (Å²) in [7, 11) is 1.78. The van der Waals surface area contributed by atoms with Crippen molar-refractivity contribution in [1.29, 1.82) is 0 Å². The zero-order valence-electron chi connectivity index (χ0n) is 26.4. The zero-order chi connectivity index (χ0) is 33.1. The fraction of sp³-hybridized carbons (Fsp3) is 0.306. The summed E-state index contributed by atoms with van der Waals surface area (Å²) < 4.78 is 0. The van der Waals surface area contributed by atoms with Crippen molar-refractivity contribution in [2.75, 3.05) is 38.5 Å². The smallest absolute Gasteiger partial charge is 0.320 e. The number of likely N-dealkylation sites (tertiary alicyclic amines) is 1. The highest BCUT2D eigenvalue weighted by molar-refractivity contribution is 6.34. The second kappa shape index (κ2) is 14.0. The number of hydrogen-bond donors (Lipinski definition) is 2. The lowest BCUT2D eigenvalue weighted by Crippen LogP contribution is -2.29. The number of halogens is 1. The highest BCUT2D eigenvalue weighted by Gasteiger charge is 2.25. The largest absolute Gasteiger partial charge is 0.392 e. The van der Waals surface area contributed by atoms with E-state index in [-0.39, 0.29) is 35.9 Å². The van der Waals surface area contributed by atoms with Crippen LogP contribution in [0.5, 0.6) is 0 Å². The van der Waals surface area contributed by atoms with Gasteiger partial charge in [-0.05, 0) is 59.4 Å². The van der Waals surface area contributed by atoms with Gasteiger partial charge in [-0.1, -0.05) is 54.1 Å². The number of anilines is 1. The van der Waals surface area contributed by atoms with Gasteiger partial charge in [-0.15, -0.1) is 0 Å². The number of amides is 3. The van der Waals surface area contributed by atoms with Gasteiger partial charge >= 0.3 is 6.03 Å². The first-order valence-corrected chi connectivity index (χ1v) is 16.1. The summed E-state index contributed by atoms with van der Waals surface area (Å²) >= 11 is 6.90. The predicted molar refractivity (Wildman–Crippen MR) is 180 cm³/mol. The second-order valence-electron chi connectivity index (χ2n) is 12.2. The maximum absolute atomic E-state index is 13.2. The number of β-amino-alcohol motifs (C(OH)–C–C–N with tert-alkyl or cyclic N) is 1. The first kappa shape index (κ1) is 32.3. The molecule has 0 unspecified atom stereocenters. The number of benzene rings is 2. The van der Waals surface area contributed by atoms with Crippen LogP contribution in [-0.2, 0) is 19.5 Å². The van der Waals surface area contributed by atoms with Crippen molar-refractivity contribution in [3.63, 3.8) is 0 Å². The van der Waals surface area contributed by atoms with Crippen molar-refractivity contribution in [2.24, 2.45) is 0 Å². The lowest BCUT2D eigenvalue weighted by Gasteiger charge is -2.16. The average molecular weight is 653 g/mol. The Hall–Kier alpha value is -4.64. The molecule has 10 nitrogen and oxygen atoms in total. The number of ketones is 1. The quantitative estimate of drug-likeness (QED) is 0.226. The number of carbonyl (C=O) groups is 3. The molecule has 2 N–H and O–H groups in total. The first-order chi connectivity index (χ1) is 22.7. The van der Waals surface area contributed by atoms with Crippen molar-refractivity contribution in [3.05, 3.63) is 112 Å². The minimum atomic E-state index is -0.351. The Bertz CT molecular complexity index is 1800. The normalized spacial score (nSPS) is 16.6. The van der Waals surface area contributed by atoms with Gasteiger partial charge in [0.1, 0.15) is 11.4 Å². The number of pyridine rings is 2. The van der Waals surface area contributed by atoms with Gasteiger partial charge in [0.05, 0.1) is 11.1 Å². The lowest BCUT2D eigenvalue weighted by atomic mass is 9.95. The number of aliphatic hydroxyl groups excluding tert-OH is 1. The standard InChI is InChI=1S/C36H37ClN6O4/c1-23-28(6-4-8-30(23)40-35(46)32-12-10-25(19-39-32)21-43-16-15-41(2)36(43)47)29-7-3-5-26(34(29)37)17-33(45)31-11-9-24(18-38-31)20-42-14-13-27(44)22-42/h3-12,18-19,27,44H,13-17,20-22H2,1-2H3,(H,40,46)/t27-/m1/s1. The molecule has 0 radical (unpaired) electrons. The Morgan fingerprint density at radius 2 is 1.62 bits per heavy atom. The molecule has 2 aromatic carbocycles. The van der Waals surface area contributed by atoms with E-state index in [0.717, 1.165) is 40.8 Å². The van der Waals surface area contributed by atoms with E-state index in [1.165, 1.54) is 0 Å². The van der Waals surface area contributed by atoms with Crippen LogP contribution >= 0.6 is 11.6 Å². The van der Waals surface area contributed by atoms with Crippen molar-refractivity contribution in [2.45, 2.75) is 39.0 Å². The summed E-state index contributed by atoms with van der Waals surface area (Å²) in [5, 5.41) is 13.2. The van der Waals surface area contributed by atoms with E-state index in [4.69, 9.17) is 11.6 Å². The van der Waals surface area contributed by atoms with E-state index in [1.807, 2.05) is 55.5 Å². The third-order valence-electron chi connectivity index (χ3n) is 8.80. The molecule has 2 saturated heterocycles. The zero-order valence-corrected chi connectivity index (χ0v) is 27.2. The Morgan fingerprint density at radius 3 is 2.28 bits per heavy atom. The SMILES string of the molecule is Cc1c(NC(=O)c2ccc(CN3CCN(C)C3=O)cn2)cccc1-c1cccc(CC(=O)c2ccc(CN3CC[C@@H](O)C3)cn2)c1Cl. The van der Waals surface area contributed by atoms with Crippen LogP contribution in [0.1, 0.15) is 49.7 Å². The Morgan fingerprint density at radius 1 is 0.915 bits per heavy atom. The molecule has 6 rings (SSSR count). The summed E-state index contributed by atoms with van der Waals surface area (Å²) in [6.07, 6.45) is 3.94. The van der Waals surface area contributed by atoms with Crippen LogP contribution in [0.4, 0.5) is 10.5 Å².